The number of amides is 1. The van der Waals surface area contributed by atoms with Crippen LogP contribution in [0.25, 0.3) is 11.4 Å². The highest BCUT2D eigenvalue weighted by molar-refractivity contribution is 7.91. The van der Waals surface area contributed by atoms with Crippen LogP contribution in [0, 0.1) is 13.8 Å². The Kier molecular flexibility index (Phi) is 5.72. The Morgan fingerprint density at radius 3 is 2.77 bits per heavy atom. The highest BCUT2D eigenvalue weighted by Gasteiger charge is 2.26. The molecule has 0 unspecified atom stereocenters. The van der Waals surface area contributed by atoms with E-state index < -0.39 is 10.0 Å². The fourth-order valence-electron chi connectivity index (χ4n) is 3.29. The molecule has 0 spiro atoms. The van der Waals surface area contributed by atoms with E-state index in [1.54, 1.807) is 10.3 Å². The smallest absolute Gasteiger partial charge is 0.316 e. The topological polar surface area (TPSA) is 105 Å². The van der Waals surface area contributed by atoms with Crippen LogP contribution in [0.1, 0.15) is 40.2 Å². The molecule has 1 saturated heterocycles. The van der Waals surface area contributed by atoms with Crippen LogP contribution >= 0.6 is 11.3 Å². The molecule has 0 saturated carbocycles. The number of carbonyl (C=O) groups is 1. The Bertz CT molecular complexity index is 1180. The fourth-order valence-corrected chi connectivity index (χ4v) is 5.50. The van der Waals surface area contributed by atoms with Gasteiger partial charge in [0.25, 0.3) is 0 Å². The van der Waals surface area contributed by atoms with Gasteiger partial charge < -0.3 is 9.42 Å². The van der Waals surface area contributed by atoms with Gasteiger partial charge >= 0.3 is 11.8 Å². The summed E-state index contributed by atoms with van der Waals surface area (Å²) in [4.78, 5) is 18.2. The summed E-state index contributed by atoms with van der Waals surface area (Å²) in [6.45, 7) is 5.49. The van der Waals surface area contributed by atoms with Crippen molar-refractivity contribution < 1.29 is 17.7 Å². The third-order valence-electron chi connectivity index (χ3n) is 5.06. The predicted octanol–water partition coefficient (Wildman–Crippen LogP) is 3.13. The monoisotopic (exact) mass is 446 g/mol. The lowest BCUT2D eigenvalue weighted by molar-refractivity contribution is 0.0743. The number of aromatic nitrogens is 2. The number of thiophene rings is 1. The van der Waals surface area contributed by atoms with E-state index in [1.807, 2.05) is 32.0 Å². The maximum atomic E-state index is 12.7. The van der Waals surface area contributed by atoms with Crippen LogP contribution in [0.3, 0.4) is 0 Å². The molecule has 0 bridgehead atoms. The molecular formula is C20H22N4O4S2. The lowest BCUT2D eigenvalue weighted by Gasteiger charge is -2.10. The van der Waals surface area contributed by atoms with Gasteiger partial charge in [0.05, 0.1) is 0 Å². The maximum Gasteiger partial charge on any atom is 0.316 e. The molecule has 1 N–H and O–H groups in total. The minimum Gasteiger partial charge on any atom is -0.334 e. The molecule has 0 aliphatic carbocycles. The standard InChI is InChI=1S/C20H22N4O4S2/c1-13-5-6-14(2)15(9-13)11-21-30(26,27)17-10-16(12-29-17)18-22-19(28-23-18)20(25)24-7-3-4-8-24/h5-6,9-10,12,21H,3-4,7-8,11H2,1-2H3. The van der Waals surface area contributed by atoms with E-state index in [0.29, 0.717) is 18.7 Å². The molecular weight excluding hydrogens is 424 g/mol. The normalized spacial score (nSPS) is 14.4. The quantitative estimate of drug-likeness (QED) is 0.624. The average Bonchev–Trinajstić information content (AvgIpc) is 3.48. The minimum atomic E-state index is -3.69. The van der Waals surface area contributed by atoms with E-state index in [0.717, 1.165) is 40.9 Å². The summed E-state index contributed by atoms with van der Waals surface area (Å²) in [5.41, 5.74) is 3.52. The molecule has 1 aliphatic heterocycles. The second-order valence-corrected chi connectivity index (χ2v) is 10.2. The van der Waals surface area contributed by atoms with Gasteiger partial charge in [0, 0.05) is 30.6 Å². The lowest BCUT2D eigenvalue weighted by Crippen LogP contribution is -2.27. The number of hydrogen-bond acceptors (Lipinski definition) is 7. The molecule has 1 amide bonds. The molecule has 10 heteroatoms. The van der Waals surface area contributed by atoms with Gasteiger partial charge in [-0.3, -0.25) is 4.79 Å². The molecule has 0 atom stereocenters. The van der Waals surface area contributed by atoms with Gasteiger partial charge in [-0.15, -0.1) is 11.3 Å². The predicted molar refractivity (Wildman–Crippen MR) is 113 cm³/mol. The van der Waals surface area contributed by atoms with Crippen LogP contribution in [0.15, 0.2) is 38.4 Å². The molecule has 1 fully saturated rings. The Balaban J connectivity index is 1.48. The fraction of sp³-hybridized carbons (Fsp3) is 0.350. The van der Waals surface area contributed by atoms with Crippen LogP contribution in [0.5, 0.6) is 0 Å². The van der Waals surface area contributed by atoms with Crippen molar-refractivity contribution in [3.8, 4) is 11.4 Å². The molecule has 30 heavy (non-hydrogen) atoms. The number of hydrogen-bond donors (Lipinski definition) is 1. The number of rotatable bonds is 6. The van der Waals surface area contributed by atoms with Crippen molar-refractivity contribution in [3.63, 3.8) is 0 Å². The van der Waals surface area contributed by atoms with Crippen LogP contribution < -0.4 is 4.72 Å². The average molecular weight is 447 g/mol. The van der Waals surface area contributed by atoms with Gasteiger partial charge in [0.15, 0.2) is 0 Å². The summed E-state index contributed by atoms with van der Waals surface area (Å²) in [7, 11) is -3.69. The zero-order chi connectivity index (χ0) is 21.3. The van der Waals surface area contributed by atoms with E-state index in [4.69, 9.17) is 4.52 Å². The second kappa shape index (κ2) is 8.29. The highest BCUT2D eigenvalue weighted by atomic mass is 32.2. The Labute approximate surface area is 179 Å². The molecule has 8 nitrogen and oxygen atoms in total. The van der Waals surface area contributed by atoms with Crippen LogP contribution in [-0.2, 0) is 16.6 Å². The SMILES string of the molecule is Cc1ccc(C)c(CNS(=O)(=O)c2cc(-c3noc(C(=O)N4CCCC4)n3)cs2)c1. The second-order valence-electron chi connectivity index (χ2n) is 7.33. The molecule has 158 valence electrons. The number of likely N-dealkylation sites (tertiary alicyclic amines) is 1. The van der Waals surface area contributed by atoms with Gasteiger partial charge in [-0.1, -0.05) is 28.9 Å². The molecule has 2 aromatic heterocycles. The van der Waals surface area contributed by atoms with Crippen LogP contribution in [-0.4, -0.2) is 42.5 Å². The molecule has 3 aromatic rings. The first kappa shape index (κ1) is 20.7. The Morgan fingerprint density at radius 1 is 1.23 bits per heavy atom. The van der Waals surface area contributed by atoms with Crippen molar-refractivity contribution in [2.45, 2.75) is 37.4 Å². The first-order valence-corrected chi connectivity index (χ1v) is 12.0. The first-order chi connectivity index (χ1) is 14.3. The minimum absolute atomic E-state index is 0.0736. The number of sulfonamides is 1. The molecule has 0 radical (unpaired) electrons. The molecule has 3 heterocycles. The van der Waals surface area contributed by atoms with Crippen molar-refractivity contribution >= 4 is 27.3 Å². The van der Waals surface area contributed by atoms with E-state index in [-0.39, 0.29) is 28.4 Å². The Morgan fingerprint density at radius 2 is 2.00 bits per heavy atom. The number of aryl methyl sites for hydroxylation is 2. The van der Waals surface area contributed by atoms with E-state index >= 15 is 0 Å². The number of nitrogens with zero attached hydrogens (tertiary/aromatic N) is 3. The number of nitrogens with one attached hydrogen (secondary N) is 1. The van der Waals surface area contributed by atoms with E-state index in [2.05, 4.69) is 14.9 Å². The number of benzene rings is 1. The lowest BCUT2D eigenvalue weighted by atomic mass is 10.1. The van der Waals surface area contributed by atoms with Crippen molar-refractivity contribution in [3.05, 3.63) is 52.2 Å². The first-order valence-electron chi connectivity index (χ1n) is 9.61. The van der Waals surface area contributed by atoms with Gasteiger partial charge in [0.2, 0.25) is 15.8 Å². The maximum absolute atomic E-state index is 12.7. The van der Waals surface area contributed by atoms with Crippen molar-refractivity contribution in [2.75, 3.05) is 13.1 Å². The summed E-state index contributed by atoms with van der Waals surface area (Å²) >= 11 is 1.07. The molecule has 1 aliphatic rings. The Hall–Kier alpha value is -2.56. The summed E-state index contributed by atoms with van der Waals surface area (Å²) < 4.78 is 33.3. The van der Waals surface area contributed by atoms with Crippen molar-refractivity contribution in [2.24, 2.45) is 0 Å². The largest absolute Gasteiger partial charge is 0.334 e. The van der Waals surface area contributed by atoms with Crippen molar-refractivity contribution in [1.29, 1.82) is 0 Å². The molecule has 1 aromatic carbocycles. The van der Waals surface area contributed by atoms with Gasteiger partial charge in [0.1, 0.15) is 4.21 Å². The van der Waals surface area contributed by atoms with Crippen LogP contribution in [0.4, 0.5) is 0 Å². The van der Waals surface area contributed by atoms with E-state index in [1.165, 1.54) is 6.07 Å². The zero-order valence-electron chi connectivity index (χ0n) is 16.7. The summed E-state index contributed by atoms with van der Waals surface area (Å²) in [5, 5.41) is 5.49. The van der Waals surface area contributed by atoms with Gasteiger partial charge in [-0.2, -0.15) is 4.98 Å². The molecule has 4 rings (SSSR count). The summed E-state index contributed by atoms with van der Waals surface area (Å²) in [5.74, 6) is -0.162. The van der Waals surface area contributed by atoms with E-state index in [9.17, 15) is 13.2 Å². The third kappa shape index (κ3) is 4.30. The van der Waals surface area contributed by atoms with Gasteiger partial charge in [-0.05, 0) is 43.9 Å². The highest BCUT2D eigenvalue weighted by Crippen LogP contribution is 2.27. The van der Waals surface area contributed by atoms with Crippen molar-refractivity contribution in [1.82, 2.24) is 19.8 Å². The zero-order valence-corrected chi connectivity index (χ0v) is 18.3. The summed E-state index contributed by atoms with van der Waals surface area (Å²) in [6, 6.07) is 7.42. The summed E-state index contributed by atoms with van der Waals surface area (Å²) in [6.07, 6.45) is 1.93. The number of carbonyl (C=O) groups excluding carboxylic acids is 1. The van der Waals surface area contributed by atoms with Crippen LogP contribution in [0.2, 0.25) is 0 Å². The van der Waals surface area contributed by atoms with Gasteiger partial charge in [-0.25, -0.2) is 13.1 Å². The third-order valence-corrected chi connectivity index (χ3v) is 7.90.